The number of Topliss-reactive ketones (excluding diaryl/α,β-unsaturated/α-hetero) is 1. The van der Waals surface area contributed by atoms with Crippen LogP contribution in [0.3, 0.4) is 0 Å². The van der Waals surface area contributed by atoms with Gasteiger partial charge in [-0.2, -0.15) is 0 Å². The van der Waals surface area contributed by atoms with E-state index in [0.717, 1.165) is 12.1 Å². The van der Waals surface area contributed by atoms with Gasteiger partial charge in [-0.1, -0.05) is 18.2 Å². The summed E-state index contributed by atoms with van der Waals surface area (Å²) in [4.78, 5) is 23.5. The Morgan fingerprint density at radius 3 is 2.19 bits per heavy atom. The number of carbonyl (C=O) groups excluding carboxylic acids is 2. The molecule has 21 heavy (non-hydrogen) atoms. The van der Waals surface area contributed by atoms with Gasteiger partial charge in [-0.05, 0) is 24.3 Å². The van der Waals surface area contributed by atoms with Crippen LogP contribution in [-0.2, 0) is 4.74 Å². The van der Waals surface area contributed by atoms with Crippen molar-refractivity contribution in [2.45, 2.75) is 0 Å². The van der Waals surface area contributed by atoms with E-state index < -0.39 is 41.2 Å². The summed E-state index contributed by atoms with van der Waals surface area (Å²) in [6.07, 6.45) is 0. The van der Waals surface area contributed by atoms with Gasteiger partial charge < -0.3 is 20.1 Å². The standard InChI is InChI=1S/C15H12O6/c16-10-6-7-11(17)14(19)13(10)12(18)8-21-15(20)9-4-2-1-3-5-9/h1-7,16-17,19H,8H2. The Labute approximate surface area is 119 Å². The molecule has 108 valence electrons. The summed E-state index contributed by atoms with van der Waals surface area (Å²) in [6, 6.07) is 10.2. The highest BCUT2D eigenvalue weighted by molar-refractivity contribution is 6.04. The molecule has 0 bridgehead atoms. The largest absolute Gasteiger partial charge is 0.507 e. The minimum absolute atomic E-state index is 0.273. The molecular formula is C15H12O6. The molecule has 2 rings (SSSR count). The van der Waals surface area contributed by atoms with E-state index in [2.05, 4.69) is 0 Å². The van der Waals surface area contributed by atoms with Crippen LogP contribution in [0.25, 0.3) is 0 Å². The summed E-state index contributed by atoms with van der Waals surface area (Å²) in [5, 5.41) is 28.4. The van der Waals surface area contributed by atoms with Crippen molar-refractivity contribution in [2.75, 3.05) is 6.61 Å². The van der Waals surface area contributed by atoms with Crippen molar-refractivity contribution in [1.82, 2.24) is 0 Å². The zero-order chi connectivity index (χ0) is 15.4. The first-order valence-corrected chi connectivity index (χ1v) is 6.00. The third kappa shape index (κ3) is 3.11. The summed E-state index contributed by atoms with van der Waals surface area (Å²) in [5.41, 5.74) is -0.217. The Hall–Kier alpha value is -3.02. The number of ketones is 1. The van der Waals surface area contributed by atoms with E-state index in [0.29, 0.717) is 0 Å². The van der Waals surface area contributed by atoms with E-state index in [4.69, 9.17) is 4.74 Å². The van der Waals surface area contributed by atoms with Crippen molar-refractivity contribution < 1.29 is 29.6 Å². The van der Waals surface area contributed by atoms with Gasteiger partial charge in [0.05, 0.1) is 5.56 Å². The first-order valence-electron chi connectivity index (χ1n) is 6.00. The molecular weight excluding hydrogens is 276 g/mol. The van der Waals surface area contributed by atoms with E-state index in [1.54, 1.807) is 18.2 Å². The lowest BCUT2D eigenvalue weighted by Gasteiger charge is -2.08. The van der Waals surface area contributed by atoms with Gasteiger partial charge in [-0.3, -0.25) is 4.79 Å². The van der Waals surface area contributed by atoms with Gasteiger partial charge in [0.2, 0.25) is 5.78 Å². The second-order valence-corrected chi connectivity index (χ2v) is 4.19. The van der Waals surface area contributed by atoms with Crippen LogP contribution in [0.5, 0.6) is 17.2 Å². The topological polar surface area (TPSA) is 104 Å². The summed E-state index contributed by atoms with van der Waals surface area (Å²) in [5.74, 6) is -3.35. The van der Waals surface area contributed by atoms with E-state index >= 15 is 0 Å². The predicted molar refractivity (Wildman–Crippen MR) is 72.5 cm³/mol. The average Bonchev–Trinajstić information content (AvgIpc) is 2.50. The Balaban J connectivity index is 2.10. The van der Waals surface area contributed by atoms with Gasteiger partial charge in [-0.15, -0.1) is 0 Å². The van der Waals surface area contributed by atoms with Crippen LogP contribution in [-0.4, -0.2) is 33.7 Å². The second-order valence-electron chi connectivity index (χ2n) is 4.19. The molecule has 3 N–H and O–H groups in total. The Kier molecular flexibility index (Phi) is 4.08. The van der Waals surface area contributed by atoms with E-state index in [-0.39, 0.29) is 5.56 Å². The monoisotopic (exact) mass is 288 g/mol. The van der Waals surface area contributed by atoms with Gasteiger partial charge in [-0.25, -0.2) is 4.79 Å². The van der Waals surface area contributed by atoms with Crippen molar-refractivity contribution in [3.63, 3.8) is 0 Å². The van der Waals surface area contributed by atoms with Crippen LogP contribution in [0, 0.1) is 0 Å². The molecule has 0 aliphatic heterocycles. The highest BCUT2D eigenvalue weighted by atomic mass is 16.5. The number of hydrogen-bond donors (Lipinski definition) is 3. The van der Waals surface area contributed by atoms with Crippen molar-refractivity contribution in [2.24, 2.45) is 0 Å². The fourth-order valence-corrected chi connectivity index (χ4v) is 1.71. The van der Waals surface area contributed by atoms with Crippen LogP contribution in [0.15, 0.2) is 42.5 Å². The first kappa shape index (κ1) is 14.4. The number of phenolic OH excluding ortho intramolecular Hbond substituents is 3. The number of aromatic hydroxyl groups is 3. The predicted octanol–water partition coefficient (Wildman–Crippen LogP) is 1.84. The molecule has 0 saturated heterocycles. The third-order valence-corrected chi connectivity index (χ3v) is 2.76. The molecule has 0 heterocycles. The lowest BCUT2D eigenvalue weighted by atomic mass is 10.1. The van der Waals surface area contributed by atoms with Crippen LogP contribution < -0.4 is 0 Å². The average molecular weight is 288 g/mol. The third-order valence-electron chi connectivity index (χ3n) is 2.76. The van der Waals surface area contributed by atoms with Crippen molar-refractivity contribution in [3.8, 4) is 17.2 Å². The first-order chi connectivity index (χ1) is 10.0. The van der Waals surface area contributed by atoms with Crippen LogP contribution >= 0.6 is 0 Å². The molecule has 0 saturated carbocycles. The molecule has 0 atom stereocenters. The molecule has 0 amide bonds. The maximum absolute atomic E-state index is 11.9. The number of benzene rings is 2. The van der Waals surface area contributed by atoms with Gasteiger partial charge in [0, 0.05) is 0 Å². The number of carbonyl (C=O) groups is 2. The number of rotatable bonds is 4. The molecule has 2 aromatic carbocycles. The van der Waals surface area contributed by atoms with Crippen molar-refractivity contribution >= 4 is 11.8 Å². The summed E-state index contributed by atoms with van der Waals surface area (Å²) in [6.45, 7) is -0.668. The Bertz CT molecular complexity index is 678. The van der Waals surface area contributed by atoms with Crippen molar-refractivity contribution in [3.05, 3.63) is 53.6 Å². The second kappa shape index (κ2) is 5.96. The van der Waals surface area contributed by atoms with Gasteiger partial charge in [0.15, 0.2) is 18.1 Å². The highest BCUT2D eigenvalue weighted by Crippen LogP contribution is 2.35. The zero-order valence-electron chi connectivity index (χ0n) is 10.8. The zero-order valence-corrected chi connectivity index (χ0v) is 10.8. The highest BCUT2D eigenvalue weighted by Gasteiger charge is 2.21. The normalized spacial score (nSPS) is 10.1. The molecule has 0 radical (unpaired) electrons. The summed E-state index contributed by atoms with van der Waals surface area (Å²) in [7, 11) is 0. The molecule has 0 fully saturated rings. The minimum Gasteiger partial charge on any atom is -0.507 e. The quantitative estimate of drug-likeness (QED) is 0.343. The lowest BCUT2D eigenvalue weighted by molar-refractivity contribution is 0.0473. The molecule has 6 nitrogen and oxygen atoms in total. The summed E-state index contributed by atoms with van der Waals surface area (Å²) >= 11 is 0. The van der Waals surface area contributed by atoms with Crippen LogP contribution in [0.2, 0.25) is 0 Å². The maximum atomic E-state index is 11.9. The molecule has 0 spiro atoms. The van der Waals surface area contributed by atoms with Gasteiger partial charge in [0.25, 0.3) is 0 Å². The van der Waals surface area contributed by atoms with Gasteiger partial charge >= 0.3 is 5.97 Å². The fourth-order valence-electron chi connectivity index (χ4n) is 1.71. The molecule has 0 aromatic heterocycles. The number of ether oxygens (including phenoxy) is 1. The molecule has 0 unspecified atom stereocenters. The number of hydrogen-bond acceptors (Lipinski definition) is 6. The Morgan fingerprint density at radius 1 is 0.905 bits per heavy atom. The fraction of sp³-hybridized carbons (Fsp3) is 0.0667. The SMILES string of the molecule is O=C(OCC(=O)c1c(O)ccc(O)c1O)c1ccccc1. The molecule has 6 heteroatoms. The minimum atomic E-state index is -0.829. The van der Waals surface area contributed by atoms with E-state index in [1.807, 2.05) is 0 Å². The van der Waals surface area contributed by atoms with Crippen molar-refractivity contribution in [1.29, 1.82) is 0 Å². The molecule has 2 aromatic rings. The van der Waals surface area contributed by atoms with E-state index in [1.165, 1.54) is 12.1 Å². The Morgan fingerprint density at radius 2 is 1.52 bits per heavy atom. The number of esters is 1. The van der Waals surface area contributed by atoms with Crippen LogP contribution in [0.4, 0.5) is 0 Å². The number of phenols is 3. The smallest absolute Gasteiger partial charge is 0.338 e. The van der Waals surface area contributed by atoms with Crippen LogP contribution in [0.1, 0.15) is 20.7 Å². The molecule has 0 aliphatic carbocycles. The van der Waals surface area contributed by atoms with Gasteiger partial charge in [0.1, 0.15) is 11.3 Å². The lowest BCUT2D eigenvalue weighted by Crippen LogP contribution is -2.14. The molecule has 0 aliphatic rings. The van der Waals surface area contributed by atoms with E-state index in [9.17, 15) is 24.9 Å². The summed E-state index contributed by atoms with van der Waals surface area (Å²) < 4.78 is 4.80. The maximum Gasteiger partial charge on any atom is 0.338 e.